The summed E-state index contributed by atoms with van der Waals surface area (Å²) < 4.78 is 0. The molecule has 0 aliphatic heterocycles. The lowest BCUT2D eigenvalue weighted by Gasteiger charge is -2.32. The van der Waals surface area contributed by atoms with Crippen molar-refractivity contribution < 1.29 is 9.63 Å². The zero-order valence-corrected chi connectivity index (χ0v) is 16.1. The maximum atomic E-state index is 11.1. The molecule has 3 heteroatoms. The summed E-state index contributed by atoms with van der Waals surface area (Å²) in [5.41, 5.74) is 7.31. The van der Waals surface area contributed by atoms with Gasteiger partial charge in [-0.2, -0.15) is 0 Å². The molecule has 2 aromatic carbocycles. The van der Waals surface area contributed by atoms with E-state index < -0.39 is 5.97 Å². The number of hydrogen-bond acceptors (Lipinski definition) is 3. The van der Waals surface area contributed by atoms with Crippen LogP contribution in [0, 0.1) is 0 Å². The van der Waals surface area contributed by atoms with Crippen molar-refractivity contribution in [1.82, 2.24) is 0 Å². The summed E-state index contributed by atoms with van der Waals surface area (Å²) in [6, 6.07) is 15.3. The smallest absolute Gasteiger partial charge is 0.318 e. The summed E-state index contributed by atoms with van der Waals surface area (Å²) in [6.45, 7) is 7.77. The van der Waals surface area contributed by atoms with Gasteiger partial charge in [0.1, 0.15) is 0 Å². The van der Waals surface area contributed by atoms with Crippen LogP contribution in [0.25, 0.3) is 11.1 Å². The molecule has 136 valence electrons. The predicted molar refractivity (Wildman–Crippen MR) is 106 cm³/mol. The number of oxime groups is 1. The number of fused-ring (bicyclic) bond motifs is 3. The monoisotopic (exact) mass is 349 g/mol. The number of carbonyl (C=O) groups excluding carboxylic acids is 1. The summed E-state index contributed by atoms with van der Waals surface area (Å²) in [5.74, 6) is -0.399. The van der Waals surface area contributed by atoms with Gasteiger partial charge in [0.25, 0.3) is 0 Å². The number of nitrogens with zero attached hydrogens (tertiary/aromatic N) is 1. The van der Waals surface area contributed by atoms with Crippen LogP contribution in [0.1, 0.15) is 70.1 Å². The van der Waals surface area contributed by atoms with E-state index in [0.717, 1.165) is 37.0 Å². The average Bonchev–Trinajstić information content (AvgIpc) is 2.90. The molecule has 0 unspecified atom stereocenters. The van der Waals surface area contributed by atoms with Crippen molar-refractivity contribution in [3.05, 3.63) is 59.2 Å². The van der Waals surface area contributed by atoms with Gasteiger partial charge in [0.15, 0.2) is 0 Å². The maximum Gasteiger partial charge on any atom is 0.331 e. The van der Waals surface area contributed by atoms with Gasteiger partial charge in [0.05, 0.1) is 5.71 Å². The van der Waals surface area contributed by atoms with Gasteiger partial charge in [0, 0.05) is 12.3 Å². The summed E-state index contributed by atoms with van der Waals surface area (Å²) >= 11 is 0. The van der Waals surface area contributed by atoms with Crippen LogP contribution in [-0.4, -0.2) is 11.7 Å². The molecule has 26 heavy (non-hydrogen) atoms. The van der Waals surface area contributed by atoms with Crippen molar-refractivity contribution in [2.75, 3.05) is 0 Å². The van der Waals surface area contributed by atoms with E-state index in [1.165, 1.54) is 29.2 Å². The molecule has 0 amide bonds. The van der Waals surface area contributed by atoms with Gasteiger partial charge in [-0.05, 0) is 53.6 Å². The molecule has 1 aliphatic rings. The Hall–Kier alpha value is -2.42. The first-order chi connectivity index (χ1) is 12.5. The molecule has 0 radical (unpaired) electrons. The summed E-state index contributed by atoms with van der Waals surface area (Å²) in [4.78, 5) is 15.9. The molecule has 0 aromatic heterocycles. The second kappa shape index (κ2) is 7.45. The van der Waals surface area contributed by atoms with E-state index in [1.807, 2.05) is 6.92 Å². The van der Waals surface area contributed by atoms with E-state index in [2.05, 4.69) is 61.5 Å². The van der Waals surface area contributed by atoms with E-state index in [0.29, 0.717) is 0 Å². The molecular formula is C23H27NO2. The van der Waals surface area contributed by atoms with E-state index in [1.54, 1.807) is 0 Å². The Labute approximate surface area is 156 Å². The highest BCUT2D eigenvalue weighted by Gasteiger charge is 2.41. The Balaban J connectivity index is 2.16. The van der Waals surface area contributed by atoms with E-state index in [-0.39, 0.29) is 5.41 Å². The minimum Gasteiger partial charge on any atom is -0.318 e. The number of benzene rings is 2. The van der Waals surface area contributed by atoms with Gasteiger partial charge in [-0.1, -0.05) is 68.2 Å². The van der Waals surface area contributed by atoms with Gasteiger partial charge in [-0.15, -0.1) is 0 Å². The highest BCUT2D eigenvalue weighted by Crippen LogP contribution is 2.53. The van der Waals surface area contributed by atoms with Gasteiger partial charge < -0.3 is 4.84 Å². The number of hydrogen-bond donors (Lipinski definition) is 0. The lowest BCUT2D eigenvalue weighted by atomic mass is 9.71. The Morgan fingerprint density at radius 1 is 0.962 bits per heavy atom. The van der Waals surface area contributed by atoms with Gasteiger partial charge in [-0.25, -0.2) is 4.79 Å². The molecule has 0 atom stereocenters. The van der Waals surface area contributed by atoms with Crippen LogP contribution < -0.4 is 0 Å². The zero-order chi connectivity index (χ0) is 18.7. The quantitative estimate of drug-likeness (QED) is 0.373. The van der Waals surface area contributed by atoms with Crippen LogP contribution in [0.15, 0.2) is 47.6 Å². The Kier molecular flexibility index (Phi) is 5.26. The molecule has 0 fully saturated rings. The SMILES string of the molecule is CCCC1(CCC)c2ccccc2-c2ccc(/C(C)=N/OC(C)=O)cc21. The zero-order valence-electron chi connectivity index (χ0n) is 16.1. The van der Waals surface area contributed by atoms with Crippen LogP contribution in [0.2, 0.25) is 0 Å². The molecule has 0 bridgehead atoms. The van der Waals surface area contributed by atoms with Crippen molar-refractivity contribution >= 4 is 11.7 Å². The third-order valence-corrected chi connectivity index (χ3v) is 5.35. The highest BCUT2D eigenvalue weighted by molar-refractivity contribution is 6.00. The molecule has 1 aliphatic carbocycles. The molecule has 2 aromatic rings. The summed E-state index contributed by atoms with van der Waals surface area (Å²) in [7, 11) is 0. The standard InChI is InChI=1S/C23H27NO2/c1-5-13-23(14-6-2)21-10-8-7-9-19(21)20-12-11-18(15-22(20)23)16(3)24-26-17(4)25/h7-12,15H,5-6,13-14H2,1-4H3/b24-16+. The summed E-state index contributed by atoms with van der Waals surface area (Å²) in [5, 5.41) is 3.98. The molecule has 0 saturated heterocycles. The predicted octanol–water partition coefficient (Wildman–Crippen LogP) is 5.84. The minimum atomic E-state index is -0.399. The first-order valence-electron chi connectivity index (χ1n) is 9.50. The van der Waals surface area contributed by atoms with E-state index >= 15 is 0 Å². The highest BCUT2D eigenvalue weighted by atomic mass is 16.7. The largest absolute Gasteiger partial charge is 0.331 e. The normalized spacial score (nSPS) is 14.7. The first kappa shape index (κ1) is 18.4. The molecule has 0 N–H and O–H groups in total. The van der Waals surface area contributed by atoms with Gasteiger partial charge >= 0.3 is 5.97 Å². The second-order valence-corrected chi connectivity index (χ2v) is 7.15. The third kappa shape index (κ3) is 3.07. The van der Waals surface area contributed by atoms with Gasteiger partial charge in [0.2, 0.25) is 0 Å². The maximum absolute atomic E-state index is 11.1. The van der Waals surface area contributed by atoms with Crippen LogP contribution >= 0.6 is 0 Å². The molecule has 3 nitrogen and oxygen atoms in total. The lowest BCUT2D eigenvalue weighted by molar-refractivity contribution is -0.140. The Bertz CT molecular complexity index is 845. The Morgan fingerprint density at radius 3 is 2.27 bits per heavy atom. The topological polar surface area (TPSA) is 38.7 Å². The van der Waals surface area contributed by atoms with Crippen molar-refractivity contribution in [3.8, 4) is 11.1 Å². The molecule has 0 saturated carbocycles. The second-order valence-electron chi connectivity index (χ2n) is 7.15. The first-order valence-corrected chi connectivity index (χ1v) is 9.50. The van der Waals surface area contributed by atoms with Crippen molar-refractivity contribution in [1.29, 1.82) is 0 Å². The fraction of sp³-hybridized carbons (Fsp3) is 0.391. The molecule has 3 rings (SSSR count). The fourth-order valence-corrected chi connectivity index (χ4v) is 4.38. The number of carbonyl (C=O) groups is 1. The Morgan fingerprint density at radius 2 is 1.62 bits per heavy atom. The van der Waals surface area contributed by atoms with E-state index in [4.69, 9.17) is 4.84 Å². The van der Waals surface area contributed by atoms with Crippen LogP contribution in [0.4, 0.5) is 0 Å². The van der Waals surface area contributed by atoms with Crippen molar-refractivity contribution in [2.24, 2.45) is 5.16 Å². The third-order valence-electron chi connectivity index (χ3n) is 5.35. The molecular weight excluding hydrogens is 322 g/mol. The van der Waals surface area contributed by atoms with Crippen LogP contribution in [0.5, 0.6) is 0 Å². The lowest BCUT2D eigenvalue weighted by Crippen LogP contribution is -2.25. The van der Waals surface area contributed by atoms with Gasteiger partial charge in [-0.3, -0.25) is 0 Å². The van der Waals surface area contributed by atoms with Crippen molar-refractivity contribution in [2.45, 2.75) is 58.8 Å². The molecule has 0 heterocycles. The van der Waals surface area contributed by atoms with Crippen molar-refractivity contribution in [3.63, 3.8) is 0 Å². The minimum absolute atomic E-state index is 0.0626. The van der Waals surface area contributed by atoms with E-state index in [9.17, 15) is 4.79 Å². The number of rotatable bonds is 6. The average molecular weight is 349 g/mol. The van der Waals surface area contributed by atoms with Crippen LogP contribution in [-0.2, 0) is 15.0 Å². The fourth-order valence-electron chi connectivity index (χ4n) is 4.38. The molecule has 0 spiro atoms. The summed E-state index contributed by atoms with van der Waals surface area (Å²) in [6.07, 6.45) is 4.54. The van der Waals surface area contributed by atoms with Crippen LogP contribution in [0.3, 0.4) is 0 Å².